The molecule has 4 aliphatic heterocycles. The smallest absolute Gasteiger partial charge is 0.224 e. The van der Waals surface area contributed by atoms with Gasteiger partial charge in [-0.1, -0.05) is 19.9 Å². The molecule has 4 heterocycles. The van der Waals surface area contributed by atoms with Gasteiger partial charge >= 0.3 is 0 Å². The lowest BCUT2D eigenvalue weighted by molar-refractivity contribution is -0.571. The Balaban J connectivity index is 1.31. The second-order valence-corrected chi connectivity index (χ2v) is 10.0. The van der Waals surface area contributed by atoms with Gasteiger partial charge in [-0.05, 0) is 68.6 Å². The number of fused-ring (bicyclic) bond motifs is 2. The number of nitrogens with one attached hydrogen (secondary N) is 1. The van der Waals surface area contributed by atoms with Gasteiger partial charge in [0.15, 0.2) is 11.9 Å². The molecule has 1 saturated carbocycles. The molecule has 6 nitrogen and oxygen atoms in total. The predicted molar refractivity (Wildman–Crippen MR) is 111 cm³/mol. The van der Waals surface area contributed by atoms with Crippen LogP contribution in [0.5, 0.6) is 0 Å². The van der Waals surface area contributed by atoms with Gasteiger partial charge < -0.3 is 14.8 Å². The molecule has 6 rings (SSSR count). The molecule has 1 aromatic carbocycles. The zero-order valence-electron chi connectivity index (χ0n) is 18.4. The topological polar surface area (TPSA) is 66.0 Å². The Kier molecular flexibility index (Phi) is 5.36. The number of halogens is 1. The van der Waals surface area contributed by atoms with E-state index in [1.54, 1.807) is 12.1 Å². The van der Waals surface area contributed by atoms with Crippen LogP contribution in [0.1, 0.15) is 59.3 Å². The average molecular weight is 434 g/mol. The molecule has 0 aromatic heterocycles. The first-order valence-electron chi connectivity index (χ1n) is 11.6. The highest BCUT2D eigenvalue weighted by Gasteiger charge is 2.69. The van der Waals surface area contributed by atoms with Gasteiger partial charge in [-0.15, -0.1) is 0 Å². The van der Waals surface area contributed by atoms with Crippen LogP contribution in [0.15, 0.2) is 24.3 Å². The summed E-state index contributed by atoms with van der Waals surface area (Å²) in [5, 5.41) is 2.77. The lowest BCUT2D eigenvalue weighted by atomic mass is 9.57. The zero-order valence-corrected chi connectivity index (χ0v) is 18.4. The molecule has 0 unspecified atom stereocenters. The molecule has 1 aliphatic carbocycles. The third kappa shape index (κ3) is 3.59. The average Bonchev–Trinajstić information content (AvgIpc) is 2.95. The van der Waals surface area contributed by atoms with Crippen molar-refractivity contribution in [3.63, 3.8) is 0 Å². The van der Waals surface area contributed by atoms with Gasteiger partial charge in [0.25, 0.3) is 0 Å². The molecule has 8 atom stereocenters. The molecule has 5 aliphatic rings. The lowest BCUT2D eigenvalue weighted by Crippen LogP contribution is -2.70. The van der Waals surface area contributed by atoms with Crippen molar-refractivity contribution in [1.29, 1.82) is 0 Å². The van der Waals surface area contributed by atoms with Crippen LogP contribution < -0.4 is 5.32 Å². The van der Waals surface area contributed by atoms with Crippen molar-refractivity contribution >= 4 is 11.6 Å². The van der Waals surface area contributed by atoms with Gasteiger partial charge in [0.1, 0.15) is 5.82 Å². The van der Waals surface area contributed by atoms with E-state index in [0.29, 0.717) is 30.4 Å². The van der Waals surface area contributed by atoms with Crippen LogP contribution in [0.4, 0.5) is 10.1 Å². The Morgan fingerprint density at radius 3 is 2.84 bits per heavy atom. The molecule has 5 fully saturated rings. The third-order valence-corrected chi connectivity index (χ3v) is 8.06. The van der Waals surface area contributed by atoms with Crippen molar-refractivity contribution in [1.82, 2.24) is 0 Å². The van der Waals surface area contributed by atoms with Crippen molar-refractivity contribution in [3.05, 3.63) is 30.1 Å². The van der Waals surface area contributed by atoms with Crippen LogP contribution in [-0.4, -0.2) is 29.7 Å². The summed E-state index contributed by atoms with van der Waals surface area (Å²) in [6.07, 6.45) is 4.25. The van der Waals surface area contributed by atoms with Gasteiger partial charge in [-0.2, -0.15) is 0 Å². The number of amides is 1. The fourth-order valence-electron chi connectivity index (χ4n) is 6.37. The minimum atomic E-state index is -0.794. The molecule has 170 valence electrons. The molecule has 0 radical (unpaired) electrons. The van der Waals surface area contributed by atoms with Crippen molar-refractivity contribution in [2.75, 3.05) is 5.32 Å². The second-order valence-electron chi connectivity index (χ2n) is 10.0. The third-order valence-electron chi connectivity index (χ3n) is 8.06. The number of hydrogen-bond donors (Lipinski definition) is 1. The van der Waals surface area contributed by atoms with E-state index in [0.717, 1.165) is 25.7 Å². The molecular weight excluding hydrogens is 401 g/mol. The van der Waals surface area contributed by atoms with Gasteiger partial charge in [0.2, 0.25) is 11.7 Å². The molecule has 31 heavy (non-hydrogen) atoms. The Bertz CT molecular complexity index is 851. The van der Waals surface area contributed by atoms with Crippen molar-refractivity contribution in [3.8, 4) is 0 Å². The maximum atomic E-state index is 13.4. The minimum Gasteiger partial charge on any atom is -0.346 e. The van der Waals surface area contributed by atoms with Gasteiger partial charge in [0, 0.05) is 24.4 Å². The maximum absolute atomic E-state index is 13.4. The predicted octanol–water partition coefficient (Wildman–Crippen LogP) is 4.79. The molecule has 1 aromatic rings. The van der Waals surface area contributed by atoms with Crippen molar-refractivity contribution in [2.45, 2.75) is 83.1 Å². The number of carbonyl (C=O) groups is 1. The summed E-state index contributed by atoms with van der Waals surface area (Å²) in [6.45, 7) is 6.41. The first-order valence-corrected chi connectivity index (χ1v) is 11.6. The Labute approximate surface area is 182 Å². The number of hydrogen-bond acceptors (Lipinski definition) is 5. The number of rotatable bonds is 4. The SMILES string of the molecule is C[C@H]1[C@@H](CCC(=O)Nc2cccc(F)c2)O[C@@H]2O[C@]3(C)CC[C@H]4[C@H](C)CC[C@@H]1[C@@]24OO3. The number of ether oxygens (including phenoxy) is 2. The number of benzene rings is 1. The van der Waals surface area contributed by atoms with Crippen molar-refractivity contribution in [2.24, 2.45) is 23.7 Å². The summed E-state index contributed by atoms with van der Waals surface area (Å²) >= 11 is 0. The fourth-order valence-corrected chi connectivity index (χ4v) is 6.37. The zero-order chi connectivity index (χ0) is 21.8. The van der Waals surface area contributed by atoms with E-state index in [-0.39, 0.29) is 29.7 Å². The fraction of sp³-hybridized carbons (Fsp3) is 0.708. The first-order chi connectivity index (χ1) is 14.8. The standard InChI is InChI=1S/C24H32FNO5/c1-14-7-8-19-15(2)20(9-10-21(27)26-17-6-4-5-16(25)13-17)28-22-24(19)18(14)11-12-23(3,29-22)30-31-24/h4-6,13-15,18-20,22H,7-12H2,1-3H3,(H,26,27)/t14-,15-,18+,19+,20-,22-,23+,24-/m1/s1. The van der Waals surface area contributed by atoms with Crippen molar-refractivity contribution < 1.29 is 28.4 Å². The minimum absolute atomic E-state index is 0.112. The quantitative estimate of drug-likeness (QED) is 0.692. The van der Waals surface area contributed by atoms with Gasteiger partial charge in [-0.25, -0.2) is 14.2 Å². The lowest BCUT2D eigenvalue weighted by Gasteiger charge is -2.60. The van der Waals surface area contributed by atoms with Crippen LogP contribution in [0.3, 0.4) is 0 Å². The van der Waals surface area contributed by atoms with Crippen LogP contribution >= 0.6 is 0 Å². The molecule has 7 heteroatoms. The van der Waals surface area contributed by atoms with E-state index in [9.17, 15) is 9.18 Å². The summed E-state index contributed by atoms with van der Waals surface area (Å²) in [7, 11) is 0. The number of anilines is 1. The Morgan fingerprint density at radius 1 is 1.19 bits per heavy atom. The van der Waals surface area contributed by atoms with Gasteiger partial charge in [-0.3, -0.25) is 4.79 Å². The second kappa shape index (κ2) is 7.80. The van der Waals surface area contributed by atoms with Gasteiger partial charge in [0.05, 0.1) is 6.10 Å². The summed E-state index contributed by atoms with van der Waals surface area (Å²) in [4.78, 5) is 24.5. The summed E-state index contributed by atoms with van der Waals surface area (Å²) in [5.41, 5.74) is -0.110. The van der Waals surface area contributed by atoms with Crippen LogP contribution in [0.2, 0.25) is 0 Å². The van der Waals surface area contributed by atoms with E-state index in [2.05, 4.69) is 19.2 Å². The highest BCUT2D eigenvalue weighted by atomic mass is 19.1. The largest absolute Gasteiger partial charge is 0.346 e. The van der Waals surface area contributed by atoms with E-state index in [1.807, 2.05) is 6.92 Å². The van der Waals surface area contributed by atoms with E-state index < -0.39 is 17.7 Å². The molecular formula is C24H32FNO5. The molecule has 1 spiro atoms. The summed E-state index contributed by atoms with van der Waals surface area (Å²) < 4.78 is 26.2. The van der Waals surface area contributed by atoms with E-state index in [4.69, 9.17) is 19.2 Å². The molecule has 1 amide bonds. The summed E-state index contributed by atoms with van der Waals surface area (Å²) in [5.74, 6) is 0.0129. The normalized spacial score (nSPS) is 43.7. The molecule has 1 N–H and O–H groups in total. The Morgan fingerprint density at radius 2 is 2.03 bits per heavy atom. The van der Waals surface area contributed by atoms with Crippen LogP contribution in [-0.2, 0) is 24.0 Å². The van der Waals surface area contributed by atoms with E-state index >= 15 is 0 Å². The van der Waals surface area contributed by atoms with Crippen LogP contribution in [0.25, 0.3) is 0 Å². The van der Waals surface area contributed by atoms with E-state index in [1.165, 1.54) is 12.1 Å². The molecule has 4 saturated heterocycles. The number of carbonyl (C=O) groups excluding carboxylic acids is 1. The van der Waals surface area contributed by atoms with Crippen LogP contribution in [0, 0.1) is 29.5 Å². The Hall–Kier alpha value is -1.54. The highest BCUT2D eigenvalue weighted by molar-refractivity contribution is 5.90. The molecule has 2 bridgehead atoms. The first kappa shape index (κ1) is 21.3. The maximum Gasteiger partial charge on any atom is 0.224 e. The monoisotopic (exact) mass is 433 g/mol. The highest BCUT2D eigenvalue weighted by Crippen LogP contribution is 2.60. The summed E-state index contributed by atoms with van der Waals surface area (Å²) in [6, 6.07) is 5.94.